The fraction of sp³-hybridized carbons (Fsp3) is 0.231. The van der Waals surface area contributed by atoms with Gasteiger partial charge in [-0.15, -0.1) is 60.2 Å². The van der Waals surface area contributed by atoms with Crippen molar-refractivity contribution < 1.29 is 24.5 Å². The van der Waals surface area contributed by atoms with Crippen molar-refractivity contribution >= 4 is 33.0 Å². The summed E-state index contributed by atoms with van der Waals surface area (Å²) < 4.78 is 10.7. The second-order valence-electron chi connectivity index (χ2n) is 25.3. The first-order chi connectivity index (χ1) is 42.0. The number of aromatic nitrogens is 8. The fourth-order valence-corrected chi connectivity index (χ4v) is 11.2. The quantitative estimate of drug-likeness (QED) is 0.1000. The number of aryl methyl sites for hydroxylation is 4. The van der Waals surface area contributed by atoms with Crippen molar-refractivity contribution in [1.29, 1.82) is 0 Å². The van der Waals surface area contributed by atoms with Crippen LogP contribution in [0.5, 0.6) is 0 Å². The monoisotopic (exact) mass is 1330 g/mol. The van der Waals surface area contributed by atoms with Crippen molar-refractivity contribution in [2.45, 2.75) is 118 Å². The maximum Gasteiger partial charge on any atom is 3.00 e. The van der Waals surface area contributed by atoms with Crippen molar-refractivity contribution in [3.8, 4) is 56.5 Å². The summed E-state index contributed by atoms with van der Waals surface area (Å²) in [6.07, 6.45) is 9.72. The molecule has 13 rings (SSSR count). The van der Waals surface area contributed by atoms with Gasteiger partial charge >= 0.3 is 20.1 Å². The number of pyridine rings is 1. The van der Waals surface area contributed by atoms with E-state index >= 15 is 0 Å². The van der Waals surface area contributed by atoms with E-state index in [1.807, 2.05) is 65.6 Å². The van der Waals surface area contributed by atoms with Crippen LogP contribution in [0.3, 0.4) is 0 Å². The molecule has 0 radical (unpaired) electrons. The minimum Gasteiger partial charge on any atom is -0.501 e. The SMILES string of the molecule is CC(C)c1cc(-c2ccc(-c3nc(C(C)(C)C)nc(C(C)(C)C)n3)cc2)cc(C(C)C)c1-n1c(-c2[c-]ccc3c2oc2ccccc23)nc2ccccc21.[Ir+3].[c-]1ccccc1-c1ccc(CCc2cccc(CCc3c[c-]c(-n4cccn4)cc3)c2)cn1. The Kier molecular flexibility index (Phi) is 17.8. The van der Waals surface area contributed by atoms with Crippen LogP contribution < -0.4 is 0 Å². The van der Waals surface area contributed by atoms with E-state index in [0.717, 1.165) is 110 Å². The molecule has 0 amide bonds. The van der Waals surface area contributed by atoms with Crippen LogP contribution in [0.1, 0.15) is 126 Å². The number of benzene rings is 8. The van der Waals surface area contributed by atoms with Crippen molar-refractivity contribution in [2.24, 2.45) is 0 Å². The minimum atomic E-state index is -0.198. The smallest absolute Gasteiger partial charge is 0.501 e. The normalized spacial score (nSPS) is 11.8. The van der Waals surface area contributed by atoms with Gasteiger partial charge < -0.3 is 14.0 Å². The third-order valence-electron chi connectivity index (χ3n) is 16.0. The van der Waals surface area contributed by atoms with Crippen LogP contribution in [0.15, 0.2) is 205 Å². The molecule has 440 valence electrons. The van der Waals surface area contributed by atoms with Gasteiger partial charge in [0, 0.05) is 46.1 Å². The van der Waals surface area contributed by atoms with E-state index in [0.29, 0.717) is 5.82 Å². The Hall–Kier alpha value is -8.95. The molecule has 0 aliphatic carbocycles. The van der Waals surface area contributed by atoms with Gasteiger partial charge in [-0.2, -0.15) is 28.9 Å². The first-order valence-electron chi connectivity index (χ1n) is 30.4. The fourth-order valence-electron chi connectivity index (χ4n) is 11.2. The third kappa shape index (κ3) is 13.2. The number of rotatable bonds is 14. The molecule has 13 aromatic rings. The number of para-hydroxylation sites is 3. The van der Waals surface area contributed by atoms with Crippen molar-refractivity contribution in [1.82, 2.24) is 39.3 Å². The number of nitrogens with zero attached hydrogens (tertiary/aromatic N) is 8. The number of hydrogen-bond donors (Lipinski definition) is 0. The molecule has 0 atom stereocenters. The van der Waals surface area contributed by atoms with Crippen LogP contribution in [-0.4, -0.2) is 39.3 Å². The molecule has 0 fully saturated rings. The first kappa shape index (κ1) is 60.7. The van der Waals surface area contributed by atoms with Gasteiger partial charge in [0.1, 0.15) is 17.2 Å². The Balaban J connectivity index is 0.000000201. The number of furan rings is 1. The summed E-state index contributed by atoms with van der Waals surface area (Å²) in [5.41, 5.74) is 19.3. The summed E-state index contributed by atoms with van der Waals surface area (Å²) in [5, 5.41) is 6.41. The summed E-state index contributed by atoms with van der Waals surface area (Å²) in [6, 6.07) is 73.6. The molecule has 0 aliphatic heterocycles. The minimum absolute atomic E-state index is 0. The van der Waals surface area contributed by atoms with Gasteiger partial charge in [-0.25, -0.2) is 15.0 Å². The van der Waals surface area contributed by atoms with Gasteiger partial charge in [-0.05, 0) is 118 Å². The van der Waals surface area contributed by atoms with E-state index in [1.54, 1.807) is 6.20 Å². The van der Waals surface area contributed by atoms with Crippen molar-refractivity contribution in [2.75, 3.05) is 0 Å². The Morgan fingerprint density at radius 1 is 0.534 bits per heavy atom. The average Bonchev–Trinajstić information content (AvgIpc) is 1.78. The number of imidazole rings is 1. The van der Waals surface area contributed by atoms with Crippen molar-refractivity contribution in [3.05, 3.63) is 264 Å². The van der Waals surface area contributed by atoms with Crippen LogP contribution in [0.2, 0.25) is 0 Å². The number of fused-ring (bicyclic) bond motifs is 4. The van der Waals surface area contributed by atoms with E-state index in [9.17, 15) is 0 Å². The average molecular weight is 1330 g/mol. The first-order valence-corrected chi connectivity index (χ1v) is 30.4. The molecule has 0 unspecified atom stereocenters. The van der Waals surface area contributed by atoms with Gasteiger partial charge in [-0.3, -0.25) is 9.67 Å². The predicted molar refractivity (Wildman–Crippen MR) is 355 cm³/mol. The summed E-state index contributed by atoms with van der Waals surface area (Å²) in [4.78, 5) is 24.7. The second-order valence-corrected chi connectivity index (χ2v) is 25.3. The topological polar surface area (TPSA) is 100 Å². The van der Waals surface area contributed by atoms with Gasteiger partial charge in [-0.1, -0.05) is 178 Å². The molecule has 0 aliphatic rings. The molecule has 0 bridgehead atoms. The van der Waals surface area contributed by atoms with Gasteiger partial charge in [0.05, 0.1) is 22.4 Å². The van der Waals surface area contributed by atoms with E-state index in [-0.39, 0.29) is 42.8 Å². The second kappa shape index (κ2) is 25.8. The van der Waals surface area contributed by atoms with E-state index in [2.05, 4.69) is 236 Å². The molecule has 0 spiro atoms. The predicted octanol–water partition coefficient (Wildman–Crippen LogP) is 18.9. The van der Waals surface area contributed by atoms with Crippen LogP contribution in [-0.2, 0) is 56.6 Å². The van der Waals surface area contributed by atoms with Gasteiger partial charge in [0.15, 0.2) is 5.82 Å². The van der Waals surface area contributed by atoms with Gasteiger partial charge in [0.25, 0.3) is 0 Å². The Morgan fingerprint density at radius 3 is 1.83 bits per heavy atom. The third-order valence-corrected chi connectivity index (χ3v) is 16.0. The molecule has 88 heavy (non-hydrogen) atoms. The largest absolute Gasteiger partial charge is 3.00 e. The molecule has 8 aromatic carbocycles. The zero-order chi connectivity index (χ0) is 60.4. The summed E-state index contributed by atoms with van der Waals surface area (Å²) in [6.45, 7) is 22.0. The molecule has 9 nitrogen and oxygen atoms in total. The van der Waals surface area contributed by atoms with Crippen molar-refractivity contribution in [3.63, 3.8) is 0 Å². The van der Waals surface area contributed by atoms with Gasteiger partial charge in [0.2, 0.25) is 0 Å². The molecular weight excluding hydrogens is 1260 g/mol. The molecule has 5 aromatic heterocycles. The van der Waals surface area contributed by atoms with Crippen LogP contribution in [0.25, 0.3) is 89.5 Å². The summed E-state index contributed by atoms with van der Waals surface area (Å²) >= 11 is 0. The summed E-state index contributed by atoms with van der Waals surface area (Å²) in [7, 11) is 0. The molecular formula is C78H73IrN8O. The van der Waals surface area contributed by atoms with E-state index < -0.39 is 0 Å². The zero-order valence-electron chi connectivity index (χ0n) is 51.9. The van der Waals surface area contributed by atoms with E-state index in [1.165, 1.54) is 44.6 Å². The van der Waals surface area contributed by atoms with Crippen LogP contribution in [0.4, 0.5) is 0 Å². The number of hydrogen-bond acceptors (Lipinski definition) is 7. The van der Waals surface area contributed by atoms with Crippen LogP contribution in [0, 0.1) is 18.2 Å². The standard InChI is InChI=1S/C48H48N5O.C30H25N3.Ir/c1-28(2)36-26-32(30-22-24-31(25-23-30)43-50-45(47(5,6)7)52-46(51-43)48(8,9)10)27-37(29(3)4)41(36)53-39-20-13-12-19-38(39)49-44(53)35-18-15-17-34-33-16-11-14-21-40(33)54-42(34)35;1-2-8-28(9-3-1)30-19-16-27(23-31-30)13-12-26-7-4-6-25(22-26)11-10-24-14-17-29(18-15-24)33-21-5-20-32-33;/h11-17,19-29H,1-10H3;1-8,14-17,19-23H,10-13H2;/q-1;-2;+3. The summed E-state index contributed by atoms with van der Waals surface area (Å²) in [5.74, 6) is 3.61. The molecule has 5 heterocycles. The van der Waals surface area contributed by atoms with Crippen LogP contribution >= 0.6 is 0 Å². The molecule has 10 heteroatoms. The Labute approximate surface area is 531 Å². The maximum absolute atomic E-state index is 6.55. The Morgan fingerprint density at radius 2 is 1.19 bits per heavy atom. The molecule has 0 saturated carbocycles. The molecule has 0 saturated heterocycles. The Bertz CT molecular complexity index is 4450. The zero-order valence-corrected chi connectivity index (χ0v) is 54.3. The molecule has 0 N–H and O–H groups in total. The maximum atomic E-state index is 6.55. The van der Waals surface area contributed by atoms with E-state index in [4.69, 9.17) is 24.4 Å².